The van der Waals surface area contributed by atoms with Gasteiger partial charge in [-0.15, -0.1) is 0 Å². The zero-order chi connectivity index (χ0) is 13.3. The summed E-state index contributed by atoms with van der Waals surface area (Å²) in [6.45, 7) is 2.29. The molecule has 2 bridgehead atoms. The van der Waals surface area contributed by atoms with E-state index in [0.717, 1.165) is 6.54 Å². The summed E-state index contributed by atoms with van der Waals surface area (Å²) in [6.07, 6.45) is 1.40. The highest BCUT2D eigenvalue weighted by Crippen LogP contribution is 2.33. The lowest BCUT2D eigenvalue weighted by atomic mass is 9.80. The van der Waals surface area contributed by atoms with Crippen LogP contribution in [-0.2, 0) is 11.3 Å². The fourth-order valence-electron chi connectivity index (χ4n) is 3.25. The normalized spacial score (nSPS) is 34.7. The van der Waals surface area contributed by atoms with Gasteiger partial charge in [0.25, 0.3) is 0 Å². The first-order valence-corrected chi connectivity index (χ1v) is 6.78. The number of benzene rings is 1. The Morgan fingerprint density at radius 3 is 2.47 bits per heavy atom. The average molecular weight is 257 g/mol. The Hall–Kier alpha value is -1.41. The lowest BCUT2D eigenvalue weighted by Gasteiger charge is -2.50. The smallest absolute Gasteiger partial charge is 0.107 e. The quantitative estimate of drug-likeness (QED) is 0.866. The van der Waals surface area contributed by atoms with Gasteiger partial charge in [0, 0.05) is 18.6 Å². The number of morpholine rings is 1. The number of rotatable bonds is 2. The SMILES string of the molecule is N#CC1(N)CC2COCC(C1)N2Cc1ccccc1. The molecule has 0 aromatic heterocycles. The summed E-state index contributed by atoms with van der Waals surface area (Å²) in [6, 6.07) is 13.3. The van der Waals surface area contributed by atoms with Crippen LogP contribution in [0.4, 0.5) is 0 Å². The van der Waals surface area contributed by atoms with Crippen molar-refractivity contribution in [3.63, 3.8) is 0 Å². The Bertz CT molecular complexity index is 468. The second kappa shape index (κ2) is 4.93. The van der Waals surface area contributed by atoms with Crippen LogP contribution in [0.5, 0.6) is 0 Å². The second-order valence-corrected chi connectivity index (χ2v) is 5.68. The lowest BCUT2D eigenvalue weighted by Crippen LogP contribution is -2.63. The van der Waals surface area contributed by atoms with Crippen LogP contribution in [0.15, 0.2) is 30.3 Å². The number of fused-ring (bicyclic) bond motifs is 2. The lowest BCUT2D eigenvalue weighted by molar-refractivity contribution is -0.0898. The summed E-state index contributed by atoms with van der Waals surface area (Å²) in [5.41, 5.74) is 6.79. The van der Waals surface area contributed by atoms with E-state index in [0.29, 0.717) is 26.1 Å². The topological polar surface area (TPSA) is 62.3 Å². The number of nitriles is 1. The highest BCUT2D eigenvalue weighted by molar-refractivity contribution is 5.18. The van der Waals surface area contributed by atoms with Gasteiger partial charge < -0.3 is 10.5 Å². The monoisotopic (exact) mass is 257 g/mol. The molecule has 2 atom stereocenters. The maximum absolute atomic E-state index is 9.25. The van der Waals surface area contributed by atoms with Crippen LogP contribution in [0.2, 0.25) is 0 Å². The highest BCUT2D eigenvalue weighted by Gasteiger charge is 2.45. The first-order chi connectivity index (χ1) is 9.20. The molecule has 3 rings (SSSR count). The number of nitrogens with zero attached hydrogens (tertiary/aromatic N) is 2. The first kappa shape index (κ1) is 12.6. The molecule has 2 N–H and O–H groups in total. The summed E-state index contributed by atoms with van der Waals surface area (Å²) in [7, 11) is 0. The van der Waals surface area contributed by atoms with Crippen molar-refractivity contribution in [3.8, 4) is 6.07 Å². The van der Waals surface area contributed by atoms with Gasteiger partial charge in [0.15, 0.2) is 0 Å². The average Bonchev–Trinajstić information content (AvgIpc) is 2.41. The molecule has 100 valence electrons. The number of ether oxygens (including phenoxy) is 1. The molecule has 0 radical (unpaired) electrons. The van der Waals surface area contributed by atoms with Gasteiger partial charge in [-0.2, -0.15) is 5.26 Å². The largest absolute Gasteiger partial charge is 0.378 e. The standard InChI is InChI=1S/C15H19N3O/c16-11-15(17)6-13-9-19-10-14(7-15)18(13)8-12-4-2-1-3-5-12/h1-5,13-14H,6-10,17H2. The van der Waals surface area contributed by atoms with Crippen molar-refractivity contribution in [1.29, 1.82) is 5.26 Å². The molecular formula is C15H19N3O. The third-order valence-electron chi connectivity index (χ3n) is 4.19. The third-order valence-corrected chi connectivity index (χ3v) is 4.19. The van der Waals surface area contributed by atoms with Crippen LogP contribution in [0, 0.1) is 11.3 Å². The Balaban J connectivity index is 1.78. The zero-order valence-corrected chi connectivity index (χ0v) is 11.0. The maximum atomic E-state index is 9.25. The van der Waals surface area contributed by atoms with E-state index in [1.165, 1.54) is 5.56 Å². The van der Waals surface area contributed by atoms with Crippen LogP contribution in [-0.4, -0.2) is 35.7 Å². The molecule has 2 heterocycles. The van der Waals surface area contributed by atoms with Crippen molar-refractivity contribution in [2.75, 3.05) is 13.2 Å². The van der Waals surface area contributed by atoms with Gasteiger partial charge in [-0.3, -0.25) is 4.90 Å². The van der Waals surface area contributed by atoms with Crippen molar-refractivity contribution < 1.29 is 4.74 Å². The van der Waals surface area contributed by atoms with E-state index in [-0.39, 0.29) is 12.1 Å². The van der Waals surface area contributed by atoms with Crippen LogP contribution in [0.25, 0.3) is 0 Å². The van der Waals surface area contributed by atoms with Crippen molar-refractivity contribution >= 4 is 0 Å². The summed E-state index contributed by atoms with van der Waals surface area (Å²) >= 11 is 0. The Morgan fingerprint density at radius 2 is 1.89 bits per heavy atom. The van der Waals surface area contributed by atoms with Crippen LogP contribution >= 0.6 is 0 Å². The van der Waals surface area contributed by atoms with Crippen LogP contribution < -0.4 is 5.73 Å². The number of hydrogen-bond acceptors (Lipinski definition) is 4. The van der Waals surface area contributed by atoms with E-state index < -0.39 is 5.54 Å². The van der Waals surface area contributed by atoms with Gasteiger partial charge in [0.05, 0.1) is 19.3 Å². The Kier molecular flexibility index (Phi) is 3.28. The molecule has 0 aliphatic carbocycles. The van der Waals surface area contributed by atoms with Crippen molar-refractivity contribution in [2.45, 2.75) is 37.0 Å². The minimum absolute atomic E-state index is 0.261. The fraction of sp³-hybridized carbons (Fsp3) is 0.533. The van der Waals surface area contributed by atoms with Crippen LogP contribution in [0.1, 0.15) is 18.4 Å². The van der Waals surface area contributed by atoms with Crippen molar-refractivity contribution in [3.05, 3.63) is 35.9 Å². The van der Waals surface area contributed by atoms with E-state index in [4.69, 9.17) is 10.5 Å². The Labute approximate surface area is 113 Å². The molecule has 1 aromatic rings. The van der Waals surface area contributed by atoms with Gasteiger partial charge >= 0.3 is 0 Å². The third kappa shape index (κ3) is 2.50. The second-order valence-electron chi connectivity index (χ2n) is 5.68. The number of nitrogens with two attached hydrogens (primary N) is 1. The first-order valence-electron chi connectivity index (χ1n) is 6.78. The van der Waals surface area contributed by atoms with Crippen molar-refractivity contribution in [1.82, 2.24) is 4.90 Å². The number of piperidine rings is 1. The van der Waals surface area contributed by atoms with E-state index in [9.17, 15) is 5.26 Å². The molecule has 4 nitrogen and oxygen atoms in total. The van der Waals surface area contributed by atoms with Gasteiger partial charge in [-0.25, -0.2) is 0 Å². The van der Waals surface area contributed by atoms with E-state index in [1.54, 1.807) is 0 Å². The summed E-state index contributed by atoms with van der Waals surface area (Å²) in [5.74, 6) is 0. The molecule has 2 aliphatic rings. The molecule has 0 saturated carbocycles. The van der Waals surface area contributed by atoms with E-state index >= 15 is 0 Å². The molecule has 0 amide bonds. The molecule has 2 aliphatic heterocycles. The molecule has 2 saturated heterocycles. The zero-order valence-electron chi connectivity index (χ0n) is 11.0. The molecule has 19 heavy (non-hydrogen) atoms. The number of hydrogen-bond donors (Lipinski definition) is 1. The summed E-state index contributed by atoms with van der Waals surface area (Å²) in [4.78, 5) is 2.46. The minimum atomic E-state index is -0.674. The molecule has 2 fully saturated rings. The highest BCUT2D eigenvalue weighted by atomic mass is 16.5. The predicted molar refractivity (Wildman–Crippen MR) is 72.1 cm³/mol. The van der Waals surface area contributed by atoms with Gasteiger partial charge in [0.1, 0.15) is 5.54 Å². The molecule has 1 aromatic carbocycles. The fourth-order valence-corrected chi connectivity index (χ4v) is 3.25. The van der Waals surface area contributed by atoms with Gasteiger partial charge in [-0.05, 0) is 18.4 Å². The van der Waals surface area contributed by atoms with Crippen LogP contribution in [0.3, 0.4) is 0 Å². The Morgan fingerprint density at radius 1 is 1.26 bits per heavy atom. The van der Waals surface area contributed by atoms with Crippen molar-refractivity contribution in [2.24, 2.45) is 5.73 Å². The summed E-state index contributed by atoms with van der Waals surface area (Å²) in [5, 5.41) is 9.25. The molecule has 0 spiro atoms. The maximum Gasteiger partial charge on any atom is 0.107 e. The molecule has 4 heteroatoms. The van der Waals surface area contributed by atoms with Gasteiger partial charge in [0.2, 0.25) is 0 Å². The van der Waals surface area contributed by atoms with Gasteiger partial charge in [-0.1, -0.05) is 30.3 Å². The molecule has 2 unspecified atom stereocenters. The minimum Gasteiger partial charge on any atom is -0.378 e. The summed E-state index contributed by atoms with van der Waals surface area (Å²) < 4.78 is 5.64. The predicted octanol–water partition coefficient (Wildman–Crippen LogP) is 1.27. The van der Waals surface area contributed by atoms with E-state index in [1.807, 2.05) is 6.07 Å². The molecular weight excluding hydrogens is 238 g/mol. The van der Waals surface area contributed by atoms with E-state index in [2.05, 4.69) is 35.2 Å².